The maximum absolute atomic E-state index is 5.67. The van der Waals surface area contributed by atoms with Crippen LogP contribution in [0.2, 0.25) is 0 Å². The zero-order valence-electron chi connectivity index (χ0n) is 20.1. The third-order valence-electron chi connectivity index (χ3n) is 6.03. The lowest BCUT2D eigenvalue weighted by atomic mass is 10.1. The Balaban J connectivity index is 0.00000324. The highest BCUT2D eigenvalue weighted by molar-refractivity contribution is 14.0. The first-order valence-corrected chi connectivity index (χ1v) is 11.5. The predicted octanol–water partition coefficient (Wildman–Crippen LogP) is 4.78. The molecule has 4 rings (SSSR count). The van der Waals surface area contributed by atoms with E-state index in [4.69, 9.17) is 9.15 Å². The molecule has 0 bridgehead atoms. The molecule has 8 heteroatoms. The zero-order valence-corrected chi connectivity index (χ0v) is 22.4. The maximum Gasteiger partial charge on any atom is 0.226 e. The molecule has 34 heavy (non-hydrogen) atoms. The number of aryl methyl sites for hydroxylation is 1. The van der Waals surface area contributed by atoms with Gasteiger partial charge in [0.25, 0.3) is 0 Å². The lowest BCUT2D eigenvalue weighted by Gasteiger charge is -2.29. The molecule has 0 radical (unpaired) electrons. The number of rotatable bonds is 8. The Kier molecular flexibility index (Phi) is 9.76. The van der Waals surface area contributed by atoms with E-state index in [1.165, 1.54) is 24.0 Å². The van der Waals surface area contributed by atoms with E-state index in [1.54, 1.807) is 20.4 Å². The third kappa shape index (κ3) is 6.73. The second-order valence-electron chi connectivity index (χ2n) is 8.35. The van der Waals surface area contributed by atoms with Gasteiger partial charge >= 0.3 is 0 Å². The van der Waals surface area contributed by atoms with E-state index in [0.29, 0.717) is 12.4 Å². The van der Waals surface area contributed by atoms with Gasteiger partial charge in [-0.15, -0.1) is 24.0 Å². The van der Waals surface area contributed by atoms with Gasteiger partial charge in [0.1, 0.15) is 12.0 Å². The Morgan fingerprint density at radius 2 is 1.91 bits per heavy atom. The fraction of sp³-hybridized carbons (Fsp3) is 0.385. The Hall–Kier alpha value is -2.59. The quantitative estimate of drug-likeness (QED) is 0.229. The summed E-state index contributed by atoms with van der Waals surface area (Å²) in [4.78, 5) is 11.5. The second-order valence-corrected chi connectivity index (χ2v) is 8.35. The van der Waals surface area contributed by atoms with Crippen molar-refractivity contribution in [3.63, 3.8) is 0 Å². The molecule has 2 heterocycles. The first kappa shape index (κ1) is 26.0. The topological polar surface area (TPSA) is 74.9 Å². The molecule has 1 fully saturated rings. The molecular formula is C26H34IN5O2. The molecule has 3 aromatic rings. The standard InChI is InChI=1S/C26H33N5O2.HI/c1-19-9-11-20(12-10-19)25-30-22(18-33-25)16-28-26(27-2)29-17-24(31-13-4-5-14-31)21-7-6-8-23(15-21)32-3;/h6-12,15,18,24H,4-5,13-14,16-17H2,1-3H3,(H2,27,28,29);1H. The number of nitrogens with zero attached hydrogens (tertiary/aromatic N) is 3. The fourth-order valence-corrected chi connectivity index (χ4v) is 4.16. The number of guanidine groups is 1. The summed E-state index contributed by atoms with van der Waals surface area (Å²) in [6.07, 6.45) is 4.17. The van der Waals surface area contributed by atoms with Crippen LogP contribution in [0.3, 0.4) is 0 Å². The second kappa shape index (κ2) is 12.8. The maximum atomic E-state index is 5.67. The van der Waals surface area contributed by atoms with Crippen molar-refractivity contribution in [1.82, 2.24) is 20.5 Å². The highest BCUT2D eigenvalue weighted by Gasteiger charge is 2.24. The van der Waals surface area contributed by atoms with E-state index < -0.39 is 0 Å². The van der Waals surface area contributed by atoms with Gasteiger partial charge in [-0.3, -0.25) is 9.89 Å². The van der Waals surface area contributed by atoms with Crippen molar-refractivity contribution < 1.29 is 9.15 Å². The monoisotopic (exact) mass is 575 g/mol. The lowest BCUT2D eigenvalue weighted by Crippen LogP contribution is -2.42. The van der Waals surface area contributed by atoms with Crippen molar-refractivity contribution in [3.8, 4) is 17.2 Å². The van der Waals surface area contributed by atoms with Gasteiger partial charge in [-0.25, -0.2) is 4.98 Å². The minimum absolute atomic E-state index is 0. The molecule has 7 nitrogen and oxygen atoms in total. The van der Waals surface area contributed by atoms with Crippen molar-refractivity contribution in [1.29, 1.82) is 0 Å². The van der Waals surface area contributed by atoms with Gasteiger partial charge in [0.2, 0.25) is 5.89 Å². The lowest BCUT2D eigenvalue weighted by molar-refractivity contribution is 0.245. The minimum Gasteiger partial charge on any atom is -0.497 e. The summed E-state index contributed by atoms with van der Waals surface area (Å²) in [5, 5.41) is 6.85. The number of likely N-dealkylation sites (tertiary alicyclic amines) is 1. The predicted molar refractivity (Wildman–Crippen MR) is 147 cm³/mol. The third-order valence-corrected chi connectivity index (χ3v) is 6.03. The number of oxazole rings is 1. The van der Waals surface area contributed by atoms with Crippen LogP contribution in [0.5, 0.6) is 5.75 Å². The van der Waals surface area contributed by atoms with Crippen LogP contribution in [0.15, 0.2) is 64.2 Å². The zero-order chi connectivity index (χ0) is 23.0. The van der Waals surface area contributed by atoms with Gasteiger partial charge in [0, 0.05) is 19.2 Å². The molecule has 2 aromatic carbocycles. The molecule has 182 valence electrons. The van der Waals surface area contributed by atoms with Crippen molar-refractivity contribution >= 4 is 29.9 Å². The molecular weight excluding hydrogens is 541 g/mol. The number of benzene rings is 2. The van der Waals surface area contributed by atoms with Crippen LogP contribution in [0, 0.1) is 6.92 Å². The molecule has 1 saturated heterocycles. The highest BCUT2D eigenvalue weighted by atomic mass is 127. The van der Waals surface area contributed by atoms with Gasteiger partial charge < -0.3 is 19.8 Å². The number of ether oxygens (including phenoxy) is 1. The van der Waals surface area contributed by atoms with Crippen LogP contribution in [-0.2, 0) is 6.54 Å². The van der Waals surface area contributed by atoms with Crippen LogP contribution in [-0.4, -0.2) is 49.6 Å². The van der Waals surface area contributed by atoms with Gasteiger partial charge in [-0.05, 0) is 62.7 Å². The molecule has 0 saturated carbocycles. The van der Waals surface area contributed by atoms with Crippen LogP contribution < -0.4 is 15.4 Å². The molecule has 1 aliphatic heterocycles. The molecule has 2 N–H and O–H groups in total. The number of halogens is 1. The molecule has 1 atom stereocenters. The first-order valence-electron chi connectivity index (χ1n) is 11.5. The number of methoxy groups -OCH3 is 1. The smallest absolute Gasteiger partial charge is 0.226 e. The fourth-order valence-electron chi connectivity index (χ4n) is 4.16. The Bertz CT molecular complexity index is 1060. The average molecular weight is 575 g/mol. The normalized spacial score (nSPS) is 15.0. The van der Waals surface area contributed by atoms with Crippen molar-refractivity contribution in [2.45, 2.75) is 32.4 Å². The van der Waals surface area contributed by atoms with E-state index >= 15 is 0 Å². The summed E-state index contributed by atoms with van der Waals surface area (Å²) in [6.45, 7) is 5.56. The summed E-state index contributed by atoms with van der Waals surface area (Å²) in [5.74, 6) is 2.25. The number of aliphatic imine (C=N–C) groups is 1. The Morgan fingerprint density at radius 1 is 1.15 bits per heavy atom. The van der Waals surface area contributed by atoms with Crippen LogP contribution in [0.1, 0.15) is 35.7 Å². The molecule has 0 spiro atoms. The first-order chi connectivity index (χ1) is 16.2. The largest absolute Gasteiger partial charge is 0.497 e. The molecule has 1 unspecified atom stereocenters. The van der Waals surface area contributed by atoms with Gasteiger partial charge in [0.15, 0.2) is 5.96 Å². The Morgan fingerprint density at radius 3 is 2.62 bits per heavy atom. The highest BCUT2D eigenvalue weighted by Crippen LogP contribution is 2.27. The van der Waals surface area contributed by atoms with Gasteiger partial charge in [0.05, 0.1) is 25.4 Å². The summed E-state index contributed by atoms with van der Waals surface area (Å²) in [7, 11) is 3.49. The van der Waals surface area contributed by atoms with Crippen LogP contribution in [0.25, 0.3) is 11.5 Å². The van der Waals surface area contributed by atoms with Crippen molar-refractivity contribution in [2.75, 3.05) is 33.8 Å². The summed E-state index contributed by atoms with van der Waals surface area (Å²) in [6, 6.07) is 16.8. The van der Waals surface area contributed by atoms with Crippen molar-refractivity contribution in [2.24, 2.45) is 4.99 Å². The average Bonchev–Trinajstić information content (AvgIpc) is 3.55. The molecule has 0 amide bonds. The van der Waals surface area contributed by atoms with E-state index in [1.807, 2.05) is 18.2 Å². The summed E-state index contributed by atoms with van der Waals surface area (Å²) in [5.41, 5.74) is 4.26. The Labute approximate surface area is 219 Å². The SMILES string of the molecule is CN=C(NCc1coc(-c2ccc(C)cc2)n1)NCC(c1cccc(OC)c1)N1CCCC1.I. The van der Waals surface area contributed by atoms with E-state index in [9.17, 15) is 0 Å². The summed E-state index contributed by atoms with van der Waals surface area (Å²) < 4.78 is 11.1. The molecule has 0 aliphatic carbocycles. The summed E-state index contributed by atoms with van der Waals surface area (Å²) >= 11 is 0. The molecule has 1 aliphatic rings. The number of hydrogen-bond donors (Lipinski definition) is 2. The van der Waals surface area contributed by atoms with E-state index in [0.717, 1.165) is 42.6 Å². The number of nitrogens with one attached hydrogen (secondary N) is 2. The number of hydrogen-bond acceptors (Lipinski definition) is 5. The minimum atomic E-state index is 0. The van der Waals surface area contributed by atoms with Crippen LogP contribution in [0.4, 0.5) is 0 Å². The van der Waals surface area contributed by atoms with Gasteiger partial charge in [-0.2, -0.15) is 0 Å². The number of aromatic nitrogens is 1. The van der Waals surface area contributed by atoms with E-state index in [-0.39, 0.29) is 30.0 Å². The van der Waals surface area contributed by atoms with Gasteiger partial charge in [-0.1, -0.05) is 29.8 Å². The van der Waals surface area contributed by atoms with Crippen LogP contribution >= 0.6 is 24.0 Å². The van der Waals surface area contributed by atoms with Crippen molar-refractivity contribution in [3.05, 3.63) is 71.6 Å². The molecule has 1 aromatic heterocycles. The van der Waals surface area contributed by atoms with E-state index in [2.05, 4.69) is 62.8 Å².